The Morgan fingerprint density at radius 1 is 1.14 bits per heavy atom. The normalized spacial score (nSPS) is 11.0. The molecule has 0 bridgehead atoms. The maximum Gasteiger partial charge on any atom is 0.263 e. The molecule has 1 N–H and O–H groups in total. The molecule has 0 fully saturated rings. The Bertz CT molecular complexity index is 949. The fourth-order valence-corrected chi connectivity index (χ4v) is 2.42. The summed E-state index contributed by atoms with van der Waals surface area (Å²) in [6.45, 7) is 0.120. The monoisotopic (exact) mass is 322 g/mol. The topological polar surface area (TPSA) is 80.6 Å². The van der Waals surface area contributed by atoms with Gasteiger partial charge in [0, 0.05) is 6.07 Å². The van der Waals surface area contributed by atoms with Gasteiger partial charge in [0.15, 0.2) is 0 Å². The number of fused-ring (bicyclic) bond motifs is 1. The standard InChI is InChI=1S/C13H8Cl2N4O2/c14-8-1-2-9(15)12-11(8)13(21)19(6-18-12)4-7-3-10(20)17-5-16-7/h1-3,5-6H,4H2,(H,16,17,20). The molecule has 0 amide bonds. The van der Waals surface area contributed by atoms with E-state index in [0.29, 0.717) is 16.2 Å². The van der Waals surface area contributed by atoms with Gasteiger partial charge in [-0.1, -0.05) is 23.2 Å². The number of nitrogens with zero attached hydrogens (tertiary/aromatic N) is 3. The van der Waals surface area contributed by atoms with Crippen LogP contribution in [0, 0.1) is 0 Å². The molecular weight excluding hydrogens is 315 g/mol. The number of nitrogens with one attached hydrogen (secondary N) is 1. The number of aromatic nitrogens is 4. The first-order valence-electron chi connectivity index (χ1n) is 5.93. The Morgan fingerprint density at radius 3 is 2.67 bits per heavy atom. The van der Waals surface area contributed by atoms with Gasteiger partial charge in [0.25, 0.3) is 11.1 Å². The van der Waals surface area contributed by atoms with Crippen LogP contribution in [0.5, 0.6) is 0 Å². The minimum Gasteiger partial charge on any atom is -0.313 e. The lowest BCUT2D eigenvalue weighted by atomic mass is 10.2. The van der Waals surface area contributed by atoms with Crippen LogP contribution in [0.1, 0.15) is 5.69 Å². The third-order valence-corrected chi connectivity index (χ3v) is 3.57. The van der Waals surface area contributed by atoms with Crippen molar-refractivity contribution < 1.29 is 0 Å². The second-order valence-electron chi connectivity index (χ2n) is 4.33. The van der Waals surface area contributed by atoms with Gasteiger partial charge < -0.3 is 4.98 Å². The van der Waals surface area contributed by atoms with Crippen LogP contribution in [0.2, 0.25) is 10.0 Å². The molecule has 106 valence electrons. The summed E-state index contributed by atoms with van der Waals surface area (Å²) in [6, 6.07) is 4.45. The van der Waals surface area contributed by atoms with E-state index in [1.54, 1.807) is 12.1 Å². The molecule has 21 heavy (non-hydrogen) atoms. The van der Waals surface area contributed by atoms with Crippen molar-refractivity contribution in [3.63, 3.8) is 0 Å². The van der Waals surface area contributed by atoms with E-state index in [0.717, 1.165) is 0 Å². The van der Waals surface area contributed by atoms with E-state index in [2.05, 4.69) is 15.0 Å². The minimum atomic E-state index is -0.338. The number of rotatable bonds is 2. The van der Waals surface area contributed by atoms with Crippen LogP contribution in [0.25, 0.3) is 10.9 Å². The molecule has 8 heteroatoms. The first-order valence-corrected chi connectivity index (χ1v) is 6.68. The predicted octanol–water partition coefficient (Wildman–Crippen LogP) is 1.83. The van der Waals surface area contributed by atoms with Crippen molar-refractivity contribution in [3.05, 3.63) is 67.3 Å². The van der Waals surface area contributed by atoms with E-state index >= 15 is 0 Å². The number of benzene rings is 1. The van der Waals surface area contributed by atoms with Crippen LogP contribution >= 0.6 is 23.2 Å². The summed E-state index contributed by atoms with van der Waals surface area (Å²) in [4.78, 5) is 34.3. The highest BCUT2D eigenvalue weighted by Crippen LogP contribution is 2.25. The fourth-order valence-electron chi connectivity index (χ4n) is 1.98. The van der Waals surface area contributed by atoms with Gasteiger partial charge in [-0.2, -0.15) is 0 Å². The van der Waals surface area contributed by atoms with Gasteiger partial charge in [-0.3, -0.25) is 14.2 Å². The van der Waals surface area contributed by atoms with Gasteiger partial charge in [-0.25, -0.2) is 9.97 Å². The quantitative estimate of drug-likeness (QED) is 0.780. The zero-order valence-corrected chi connectivity index (χ0v) is 12.0. The fraction of sp³-hybridized carbons (Fsp3) is 0.0769. The van der Waals surface area contributed by atoms with Gasteiger partial charge in [0.2, 0.25) is 0 Å². The van der Waals surface area contributed by atoms with E-state index < -0.39 is 0 Å². The van der Waals surface area contributed by atoms with E-state index in [9.17, 15) is 9.59 Å². The summed E-state index contributed by atoms with van der Waals surface area (Å²) in [6.07, 6.45) is 2.64. The average Bonchev–Trinajstić information content (AvgIpc) is 2.45. The summed E-state index contributed by atoms with van der Waals surface area (Å²) < 4.78 is 1.33. The van der Waals surface area contributed by atoms with Gasteiger partial charge >= 0.3 is 0 Å². The largest absolute Gasteiger partial charge is 0.313 e. The third-order valence-electron chi connectivity index (χ3n) is 2.95. The molecule has 2 aromatic heterocycles. The molecule has 0 aliphatic rings. The number of H-pyrrole nitrogens is 1. The Kier molecular flexibility index (Phi) is 3.48. The Labute approximate surface area is 128 Å². The summed E-state index contributed by atoms with van der Waals surface area (Å²) in [7, 11) is 0. The van der Waals surface area contributed by atoms with Crippen LogP contribution in [0.4, 0.5) is 0 Å². The highest BCUT2D eigenvalue weighted by atomic mass is 35.5. The van der Waals surface area contributed by atoms with Crippen LogP contribution in [0.3, 0.4) is 0 Å². The minimum absolute atomic E-state index is 0.120. The molecule has 2 heterocycles. The van der Waals surface area contributed by atoms with Gasteiger partial charge in [-0.05, 0) is 12.1 Å². The lowest BCUT2D eigenvalue weighted by Crippen LogP contribution is -2.23. The summed E-state index contributed by atoms with van der Waals surface area (Å²) in [5, 5.41) is 0.879. The Balaban J connectivity index is 2.17. The van der Waals surface area contributed by atoms with Gasteiger partial charge in [0.1, 0.15) is 0 Å². The molecule has 0 spiro atoms. The molecule has 3 aromatic rings. The third kappa shape index (κ3) is 2.55. The zero-order chi connectivity index (χ0) is 15.0. The lowest BCUT2D eigenvalue weighted by Gasteiger charge is -2.07. The number of halogens is 2. The second-order valence-corrected chi connectivity index (χ2v) is 5.15. The molecular formula is C13H8Cl2N4O2. The molecule has 0 saturated carbocycles. The van der Waals surface area contributed by atoms with Crippen molar-refractivity contribution in [1.29, 1.82) is 0 Å². The number of hydrogen-bond donors (Lipinski definition) is 1. The van der Waals surface area contributed by atoms with Crippen molar-refractivity contribution in [2.75, 3.05) is 0 Å². The summed E-state index contributed by atoms with van der Waals surface area (Å²) in [5.41, 5.74) is 0.168. The van der Waals surface area contributed by atoms with E-state index in [-0.39, 0.29) is 28.1 Å². The lowest BCUT2D eigenvalue weighted by molar-refractivity contribution is 0.725. The van der Waals surface area contributed by atoms with E-state index in [1.165, 1.54) is 23.3 Å². The Morgan fingerprint density at radius 2 is 1.90 bits per heavy atom. The van der Waals surface area contributed by atoms with Crippen molar-refractivity contribution in [3.8, 4) is 0 Å². The van der Waals surface area contributed by atoms with E-state index in [4.69, 9.17) is 23.2 Å². The molecule has 0 radical (unpaired) electrons. The van der Waals surface area contributed by atoms with Crippen molar-refractivity contribution >= 4 is 34.1 Å². The van der Waals surface area contributed by atoms with Crippen molar-refractivity contribution in [1.82, 2.24) is 19.5 Å². The average molecular weight is 323 g/mol. The molecule has 0 saturated heterocycles. The summed E-state index contributed by atoms with van der Waals surface area (Å²) in [5.74, 6) is 0. The molecule has 0 aliphatic carbocycles. The van der Waals surface area contributed by atoms with Crippen LogP contribution in [0.15, 0.2) is 40.4 Å². The second kappa shape index (κ2) is 5.31. The van der Waals surface area contributed by atoms with Crippen molar-refractivity contribution in [2.24, 2.45) is 0 Å². The molecule has 0 atom stereocenters. The molecule has 6 nitrogen and oxygen atoms in total. The van der Waals surface area contributed by atoms with E-state index in [1.807, 2.05) is 0 Å². The smallest absolute Gasteiger partial charge is 0.263 e. The van der Waals surface area contributed by atoms with Crippen molar-refractivity contribution in [2.45, 2.75) is 6.54 Å². The molecule has 0 aliphatic heterocycles. The first kappa shape index (κ1) is 13.8. The maximum absolute atomic E-state index is 12.5. The SMILES string of the molecule is O=c1cc(Cn2cnc3c(Cl)ccc(Cl)c3c2=O)nc[nH]1. The highest BCUT2D eigenvalue weighted by Gasteiger charge is 2.11. The Hall–Kier alpha value is -2.18. The first-order chi connectivity index (χ1) is 10.1. The van der Waals surface area contributed by atoms with Gasteiger partial charge in [0.05, 0.1) is 45.8 Å². The summed E-state index contributed by atoms with van der Waals surface area (Å²) >= 11 is 12.1. The van der Waals surface area contributed by atoms with Gasteiger partial charge in [-0.15, -0.1) is 0 Å². The maximum atomic E-state index is 12.5. The van der Waals surface area contributed by atoms with Crippen LogP contribution in [-0.2, 0) is 6.54 Å². The number of aromatic amines is 1. The highest BCUT2D eigenvalue weighted by molar-refractivity contribution is 6.39. The predicted molar refractivity (Wildman–Crippen MR) is 80.0 cm³/mol. The van der Waals surface area contributed by atoms with Crippen LogP contribution in [-0.4, -0.2) is 19.5 Å². The molecule has 3 rings (SSSR count). The van der Waals surface area contributed by atoms with Crippen LogP contribution < -0.4 is 11.1 Å². The molecule has 0 unspecified atom stereocenters. The molecule has 1 aromatic carbocycles. The zero-order valence-electron chi connectivity index (χ0n) is 10.5. The number of hydrogen-bond acceptors (Lipinski definition) is 4.